The summed E-state index contributed by atoms with van der Waals surface area (Å²) in [6, 6.07) is 20.0. The second kappa shape index (κ2) is 4.76. The average Bonchev–Trinajstić information content (AvgIpc) is 2.70. The maximum absolute atomic E-state index is 13.2. The van der Waals surface area contributed by atoms with Crippen molar-refractivity contribution in [2.24, 2.45) is 0 Å². The summed E-state index contributed by atoms with van der Waals surface area (Å²) in [7, 11) is 0. The number of benzene rings is 2. The van der Waals surface area contributed by atoms with Crippen molar-refractivity contribution in [1.29, 1.82) is 0 Å². The van der Waals surface area contributed by atoms with Gasteiger partial charge in [0.1, 0.15) is 0 Å². The fraction of sp³-hybridized carbons (Fsp3) is 0.0455. The van der Waals surface area contributed by atoms with Gasteiger partial charge in [0, 0.05) is 27.9 Å². The molecule has 0 saturated carbocycles. The van der Waals surface area contributed by atoms with Crippen LogP contribution in [0.1, 0.15) is 5.56 Å². The quantitative estimate of drug-likeness (QED) is 0.392. The summed E-state index contributed by atoms with van der Waals surface area (Å²) in [6.07, 6.45) is 1.76. The number of aromatic nitrogens is 3. The smallest absolute Gasteiger partial charge is 0.259 e. The van der Waals surface area contributed by atoms with E-state index < -0.39 is 0 Å². The fourth-order valence-electron chi connectivity index (χ4n) is 4.12. The molecular weight excluding hydrogens is 322 g/mol. The maximum Gasteiger partial charge on any atom is 0.259 e. The van der Waals surface area contributed by atoms with Crippen LogP contribution in [0.3, 0.4) is 0 Å². The predicted octanol–water partition coefficient (Wildman–Crippen LogP) is 4.13. The zero-order valence-electron chi connectivity index (χ0n) is 13.8. The Morgan fingerprint density at radius 2 is 1.73 bits per heavy atom. The van der Waals surface area contributed by atoms with Gasteiger partial charge in [-0.25, -0.2) is 9.97 Å². The number of nitrogens with zero attached hydrogens (tertiary/aromatic N) is 3. The molecule has 0 fully saturated rings. The Morgan fingerprint density at radius 3 is 2.65 bits per heavy atom. The highest BCUT2D eigenvalue weighted by atomic mass is 16.1. The van der Waals surface area contributed by atoms with Crippen LogP contribution in [0.25, 0.3) is 44.0 Å². The second-order valence-corrected chi connectivity index (χ2v) is 6.68. The van der Waals surface area contributed by atoms with Crippen LogP contribution in [0, 0.1) is 0 Å². The summed E-state index contributed by atoms with van der Waals surface area (Å²) < 4.78 is 1.89. The minimum Gasteiger partial charge on any atom is -0.303 e. The van der Waals surface area contributed by atoms with Crippen LogP contribution in [0.5, 0.6) is 0 Å². The van der Waals surface area contributed by atoms with Gasteiger partial charge >= 0.3 is 0 Å². The molecule has 122 valence electrons. The van der Waals surface area contributed by atoms with Gasteiger partial charge in [-0.1, -0.05) is 36.4 Å². The third-order valence-electron chi connectivity index (χ3n) is 5.25. The van der Waals surface area contributed by atoms with Crippen molar-refractivity contribution in [1.82, 2.24) is 14.5 Å². The lowest BCUT2D eigenvalue weighted by atomic mass is 9.95. The van der Waals surface area contributed by atoms with E-state index in [-0.39, 0.29) is 5.56 Å². The van der Waals surface area contributed by atoms with Gasteiger partial charge in [-0.05, 0) is 35.2 Å². The molecule has 0 atom stereocenters. The molecule has 0 N–H and O–H groups in total. The van der Waals surface area contributed by atoms with Gasteiger partial charge in [0.25, 0.3) is 5.56 Å². The van der Waals surface area contributed by atoms with Crippen molar-refractivity contribution in [3.63, 3.8) is 0 Å². The Hall–Kier alpha value is -3.53. The molecular formula is C22H13N3O. The second-order valence-electron chi connectivity index (χ2n) is 6.68. The van der Waals surface area contributed by atoms with E-state index in [4.69, 9.17) is 4.98 Å². The first-order valence-corrected chi connectivity index (χ1v) is 8.60. The first-order valence-electron chi connectivity index (χ1n) is 8.60. The van der Waals surface area contributed by atoms with Crippen LogP contribution in [0.4, 0.5) is 0 Å². The van der Waals surface area contributed by atoms with Crippen molar-refractivity contribution >= 4 is 32.7 Å². The van der Waals surface area contributed by atoms with Crippen LogP contribution in [-0.2, 0) is 6.54 Å². The molecule has 0 bridgehead atoms. The van der Waals surface area contributed by atoms with Gasteiger partial charge in [-0.15, -0.1) is 0 Å². The van der Waals surface area contributed by atoms with E-state index in [2.05, 4.69) is 17.1 Å². The zero-order chi connectivity index (χ0) is 17.3. The van der Waals surface area contributed by atoms with E-state index in [1.165, 1.54) is 0 Å². The Morgan fingerprint density at radius 1 is 0.885 bits per heavy atom. The molecule has 0 radical (unpaired) electrons. The summed E-state index contributed by atoms with van der Waals surface area (Å²) in [5.41, 5.74) is 4.74. The van der Waals surface area contributed by atoms with E-state index in [1.54, 1.807) is 6.20 Å². The number of hydrogen-bond acceptors (Lipinski definition) is 3. The summed E-state index contributed by atoms with van der Waals surface area (Å²) >= 11 is 0. The van der Waals surface area contributed by atoms with Crippen LogP contribution in [0.2, 0.25) is 0 Å². The normalized spacial score (nSPS) is 12.6. The lowest BCUT2D eigenvalue weighted by Crippen LogP contribution is -2.25. The minimum absolute atomic E-state index is 0.0532. The molecule has 5 aromatic rings. The highest BCUT2D eigenvalue weighted by Gasteiger charge is 2.23. The van der Waals surface area contributed by atoms with Gasteiger partial charge in [0.15, 0.2) is 5.65 Å². The van der Waals surface area contributed by atoms with E-state index in [0.717, 1.165) is 49.5 Å². The van der Waals surface area contributed by atoms with Crippen molar-refractivity contribution in [3.8, 4) is 11.3 Å². The number of hydrogen-bond donors (Lipinski definition) is 0. The average molecular weight is 335 g/mol. The van der Waals surface area contributed by atoms with Crippen molar-refractivity contribution < 1.29 is 0 Å². The van der Waals surface area contributed by atoms with Crippen molar-refractivity contribution in [3.05, 3.63) is 82.8 Å². The molecule has 3 aromatic heterocycles. The zero-order valence-corrected chi connectivity index (χ0v) is 13.8. The number of rotatable bonds is 0. The first kappa shape index (κ1) is 13.7. The third-order valence-corrected chi connectivity index (χ3v) is 5.25. The molecule has 0 amide bonds. The molecule has 26 heavy (non-hydrogen) atoms. The Kier molecular flexibility index (Phi) is 2.51. The predicted molar refractivity (Wildman–Crippen MR) is 103 cm³/mol. The highest BCUT2D eigenvalue weighted by molar-refractivity contribution is 6.10. The van der Waals surface area contributed by atoms with E-state index >= 15 is 0 Å². The SMILES string of the molecule is O=c1c2ccccc2c2cccc3c2n1Cc1cc2cccnc2nc1-3. The summed E-state index contributed by atoms with van der Waals surface area (Å²) in [6.45, 7) is 0.532. The summed E-state index contributed by atoms with van der Waals surface area (Å²) in [5.74, 6) is 0. The number of pyridine rings is 3. The molecule has 2 aromatic carbocycles. The lowest BCUT2D eigenvalue weighted by molar-refractivity contribution is 0.792. The topological polar surface area (TPSA) is 47.8 Å². The standard InChI is InChI=1S/C22H13N3O/c26-22-17-7-2-1-6-15(17)16-8-3-9-18-19-14(12-25(22)20(16)18)11-13-5-4-10-23-21(13)24-19/h1-11H,12H2. The monoisotopic (exact) mass is 335 g/mol. The Labute approximate surface area is 148 Å². The molecule has 0 saturated heterocycles. The molecule has 0 aliphatic carbocycles. The number of fused-ring (bicyclic) bond motifs is 5. The Balaban J connectivity index is 1.84. The molecule has 4 heteroatoms. The lowest BCUT2D eigenvalue weighted by Gasteiger charge is -2.23. The van der Waals surface area contributed by atoms with E-state index in [1.807, 2.05) is 53.1 Å². The van der Waals surface area contributed by atoms with Crippen molar-refractivity contribution in [2.45, 2.75) is 6.54 Å². The van der Waals surface area contributed by atoms with Crippen molar-refractivity contribution in [2.75, 3.05) is 0 Å². The van der Waals surface area contributed by atoms with Gasteiger partial charge < -0.3 is 4.57 Å². The van der Waals surface area contributed by atoms with E-state index in [0.29, 0.717) is 6.54 Å². The molecule has 1 aliphatic heterocycles. The van der Waals surface area contributed by atoms with Crippen LogP contribution in [-0.4, -0.2) is 14.5 Å². The summed E-state index contributed by atoms with van der Waals surface area (Å²) in [4.78, 5) is 22.4. The minimum atomic E-state index is 0.0532. The van der Waals surface area contributed by atoms with Gasteiger partial charge in [0.05, 0.1) is 17.8 Å². The maximum atomic E-state index is 13.2. The summed E-state index contributed by atoms with van der Waals surface area (Å²) in [5, 5.41) is 3.84. The fourth-order valence-corrected chi connectivity index (χ4v) is 4.12. The van der Waals surface area contributed by atoms with Gasteiger partial charge in [-0.2, -0.15) is 0 Å². The first-order chi connectivity index (χ1) is 12.8. The molecule has 0 unspecified atom stereocenters. The van der Waals surface area contributed by atoms with Gasteiger partial charge in [0.2, 0.25) is 0 Å². The van der Waals surface area contributed by atoms with E-state index in [9.17, 15) is 4.79 Å². The van der Waals surface area contributed by atoms with Gasteiger partial charge in [-0.3, -0.25) is 4.79 Å². The van der Waals surface area contributed by atoms with Crippen LogP contribution in [0.15, 0.2) is 71.7 Å². The van der Waals surface area contributed by atoms with Crippen LogP contribution < -0.4 is 5.56 Å². The molecule has 1 aliphatic rings. The highest BCUT2D eigenvalue weighted by Crippen LogP contribution is 2.37. The molecule has 6 rings (SSSR count). The Bertz CT molecular complexity index is 1430. The molecule has 0 spiro atoms. The largest absolute Gasteiger partial charge is 0.303 e. The third kappa shape index (κ3) is 1.66. The molecule has 4 nitrogen and oxygen atoms in total. The number of para-hydroxylation sites is 1. The van der Waals surface area contributed by atoms with Crippen LogP contribution >= 0.6 is 0 Å². The molecule has 4 heterocycles.